The fraction of sp³-hybridized carbons (Fsp3) is 0.316. The lowest BCUT2D eigenvalue weighted by Crippen LogP contribution is -2.37. The van der Waals surface area contributed by atoms with E-state index in [2.05, 4.69) is 0 Å². The smallest absolute Gasteiger partial charge is 0.238 e. The number of hydrogen-bond acceptors (Lipinski definition) is 2. The van der Waals surface area contributed by atoms with E-state index in [4.69, 9.17) is 0 Å². The van der Waals surface area contributed by atoms with Crippen molar-refractivity contribution in [2.45, 2.75) is 31.4 Å². The number of benzene rings is 2. The maximum absolute atomic E-state index is 12.5. The molecule has 4 heteroatoms. The third kappa shape index (κ3) is 4.76. The van der Waals surface area contributed by atoms with Gasteiger partial charge in [0.25, 0.3) is 0 Å². The molecule has 2 aromatic rings. The Bertz CT molecular complexity index is 685. The molecule has 2 aromatic carbocycles. The minimum absolute atomic E-state index is 0.0826. The molecule has 0 radical (unpaired) electrons. The quantitative estimate of drug-likeness (QED) is 0.815. The zero-order valence-electron chi connectivity index (χ0n) is 13.9. The van der Waals surface area contributed by atoms with Crippen LogP contribution in [0.1, 0.15) is 23.6 Å². The van der Waals surface area contributed by atoms with E-state index in [1.807, 2.05) is 61.5 Å². The minimum atomic E-state index is -1.23. The third-order valence-corrected chi connectivity index (χ3v) is 5.53. The van der Waals surface area contributed by atoms with Crippen LogP contribution >= 0.6 is 0 Å². The molecule has 0 saturated carbocycles. The standard InChI is InChI=1S/C19H23NO2S/c1-15-9-7-8-12-18(15)14-23(22)16(2)19(21)20(3)13-17-10-5-4-6-11-17/h4-12,16H,13-14H2,1-3H3/t16-,23+/m1/s1. The predicted molar refractivity (Wildman–Crippen MR) is 95.4 cm³/mol. The molecule has 1 amide bonds. The van der Waals surface area contributed by atoms with Gasteiger partial charge in [0.2, 0.25) is 5.91 Å². The molecule has 0 spiro atoms. The monoisotopic (exact) mass is 329 g/mol. The second kappa shape index (κ2) is 8.06. The lowest BCUT2D eigenvalue weighted by Gasteiger charge is -2.21. The highest BCUT2D eigenvalue weighted by Gasteiger charge is 2.23. The van der Waals surface area contributed by atoms with Gasteiger partial charge in [0, 0.05) is 30.1 Å². The van der Waals surface area contributed by atoms with Crippen LogP contribution in [0.2, 0.25) is 0 Å². The Morgan fingerprint density at radius 1 is 1.09 bits per heavy atom. The average Bonchev–Trinajstić information content (AvgIpc) is 2.56. The molecule has 122 valence electrons. The highest BCUT2D eigenvalue weighted by molar-refractivity contribution is 7.85. The van der Waals surface area contributed by atoms with Crippen molar-refractivity contribution in [2.75, 3.05) is 7.05 Å². The van der Waals surface area contributed by atoms with Crippen LogP contribution in [0.25, 0.3) is 0 Å². The molecule has 0 aliphatic heterocycles. The summed E-state index contributed by atoms with van der Waals surface area (Å²) in [6.45, 7) is 4.28. The first-order valence-corrected chi connectivity index (χ1v) is 9.08. The zero-order chi connectivity index (χ0) is 16.8. The summed E-state index contributed by atoms with van der Waals surface area (Å²) in [5.74, 6) is 0.333. The van der Waals surface area contributed by atoms with Gasteiger partial charge in [0.05, 0.1) is 0 Å². The van der Waals surface area contributed by atoms with Crippen molar-refractivity contribution >= 4 is 16.7 Å². The summed E-state index contributed by atoms with van der Waals surface area (Å²) in [6, 6.07) is 17.7. The van der Waals surface area contributed by atoms with Crippen molar-refractivity contribution in [3.05, 3.63) is 71.3 Å². The Kier molecular flexibility index (Phi) is 6.11. The Balaban J connectivity index is 1.98. The number of carbonyl (C=O) groups excluding carboxylic acids is 1. The molecule has 23 heavy (non-hydrogen) atoms. The lowest BCUT2D eigenvalue weighted by atomic mass is 10.1. The van der Waals surface area contributed by atoms with Gasteiger partial charge in [-0.15, -0.1) is 0 Å². The average molecular weight is 329 g/mol. The molecule has 0 aromatic heterocycles. The molecular formula is C19H23NO2S. The van der Waals surface area contributed by atoms with Crippen LogP contribution < -0.4 is 0 Å². The summed E-state index contributed by atoms with van der Waals surface area (Å²) < 4.78 is 12.5. The number of rotatable bonds is 6. The van der Waals surface area contributed by atoms with Crippen molar-refractivity contribution < 1.29 is 9.00 Å². The molecule has 0 fully saturated rings. The first-order valence-electron chi connectivity index (χ1n) is 7.69. The van der Waals surface area contributed by atoms with Crippen molar-refractivity contribution in [3.8, 4) is 0 Å². The van der Waals surface area contributed by atoms with E-state index in [0.717, 1.165) is 16.7 Å². The predicted octanol–water partition coefficient (Wildman–Crippen LogP) is 3.29. The Morgan fingerprint density at radius 2 is 1.70 bits per heavy atom. The van der Waals surface area contributed by atoms with E-state index < -0.39 is 16.0 Å². The zero-order valence-corrected chi connectivity index (χ0v) is 14.7. The summed E-state index contributed by atoms with van der Waals surface area (Å²) in [5.41, 5.74) is 3.22. The van der Waals surface area contributed by atoms with Gasteiger partial charge in [0.1, 0.15) is 5.25 Å². The van der Waals surface area contributed by atoms with Crippen LogP contribution in [0, 0.1) is 6.92 Å². The number of hydrogen-bond donors (Lipinski definition) is 0. The molecule has 0 unspecified atom stereocenters. The fourth-order valence-electron chi connectivity index (χ4n) is 2.41. The molecule has 2 rings (SSSR count). The van der Waals surface area contributed by atoms with Gasteiger partial charge in [-0.2, -0.15) is 0 Å². The Morgan fingerprint density at radius 3 is 2.35 bits per heavy atom. The maximum Gasteiger partial charge on any atom is 0.238 e. The summed E-state index contributed by atoms with van der Waals surface area (Å²) in [7, 11) is 0.535. The van der Waals surface area contributed by atoms with Crippen LogP contribution in [0.4, 0.5) is 0 Å². The van der Waals surface area contributed by atoms with Gasteiger partial charge in [-0.3, -0.25) is 9.00 Å². The highest BCUT2D eigenvalue weighted by atomic mass is 32.2. The summed E-state index contributed by atoms with van der Waals surface area (Å²) in [4.78, 5) is 14.1. The van der Waals surface area contributed by atoms with E-state index >= 15 is 0 Å². The first-order chi connectivity index (χ1) is 11.0. The minimum Gasteiger partial charge on any atom is -0.340 e. The largest absolute Gasteiger partial charge is 0.340 e. The molecule has 0 aliphatic carbocycles. The first kappa shape index (κ1) is 17.4. The van der Waals surface area contributed by atoms with Gasteiger partial charge in [-0.25, -0.2) is 0 Å². The molecule has 3 nitrogen and oxygen atoms in total. The Hall–Kier alpha value is -1.94. The van der Waals surface area contributed by atoms with Crippen LogP contribution in [0.3, 0.4) is 0 Å². The summed E-state index contributed by atoms with van der Waals surface area (Å²) in [6.07, 6.45) is 0. The number of aryl methyl sites for hydroxylation is 1. The fourth-order valence-corrected chi connectivity index (χ4v) is 3.69. The second-order valence-electron chi connectivity index (χ2n) is 5.77. The van der Waals surface area contributed by atoms with Gasteiger partial charge in [-0.05, 0) is 30.5 Å². The molecule has 0 N–H and O–H groups in total. The van der Waals surface area contributed by atoms with Gasteiger partial charge in [0.15, 0.2) is 0 Å². The van der Waals surface area contributed by atoms with Crippen LogP contribution in [0.15, 0.2) is 54.6 Å². The van der Waals surface area contributed by atoms with E-state index in [1.54, 1.807) is 18.9 Å². The Labute approximate surface area is 140 Å². The van der Waals surface area contributed by atoms with Gasteiger partial charge >= 0.3 is 0 Å². The second-order valence-corrected chi connectivity index (χ2v) is 7.53. The lowest BCUT2D eigenvalue weighted by molar-refractivity contribution is -0.129. The van der Waals surface area contributed by atoms with E-state index in [-0.39, 0.29) is 5.91 Å². The maximum atomic E-state index is 12.5. The van der Waals surface area contributed by atoms with E-state index in [0.29, 0.717) is 12.3 Å². The third-order valence-electron chi connectivity index (χ3n) is 3.94. The van der Waals surface area contributed by atoms with Gasteiger partial charge < -0.3 is 4.90 Å². The van der Waals surface area contributed by atoms with Crippen molar-refractivity contribution in [2.24, 2.45) is 0 Å². The highest BCUT2D eigenvalue weighted by Crippen LogP contribution is 2.14. The van der Waals surface area contributed by atoms with Gasteiger partial charge in [-0.1, -0.05) is 54.6 Å². The summed E-state index contributed by atoms with van der Waals surface area (Å²) >= 11 is 0. The number of amides is 1. The summed E-state index contributed by atoms with van der Waals surface area (Å²) in [5, 5.41) is -0.511. The number of carbonyl (C=O) groups is 1. The molecule has 0 saturated heterocycles. The molecule has 0 aliphatic rings. The normalized spacial score (nSPS) is 13.3. The SMILES string of the molecule is Cc1ccccc1C[S@](=O)[C@H](C)C(=O)N(C)Cc1ccccc1. The molecule has 0 bridgehead atoms. The molecule has 0 heterocycles. The van der Waals surface area contributed by atoms with Crippen molar-refractivity contribution in [3.63, 3.8) is 0 Å². The number of nitrogens with zero attached hydrogens (tertiary/aromatic N) is 1. The topological polar surface area (TPSA) is 37.4 Å². The van der Waals surface area contributed by atoms with E-state index in [9.17, 15) is 9.00 Å². The van der Waals surface area contributed by atoms with Crippen molar-refractivity contribution in [1.29, 1.82) is 0 Å². The van der Waals surface area contributed by atoms with Crippen LogP contribution in [-0.4, -0.2) is 27.3 Å². The molecular weight excluding hydrogens is 306 g/mol. The van der Waals surface area contributed by atoms with E-state index in [1.165, 1.54) is 0 Å². The van der Waals surface area contributed by atoms with Crippen molar-refractivity contribution in [1.82, 2.24) is 4.90 Å². The van der Waals surface area contributed by atoms with Crippen LogP contribution in [0.5, 0.6) is 0 Å². The molecule has 2 atom stereocenters. The van der Waals surface area contributed by atoms with Crippen LogP contribution in [-0.2, 0) is 27.9 Å².